The molecule has 0 aliphatic heterocycles. The highest BCUT2D eigenvalue weighted by Gasteiger charge is 2.01. The van der Waals surface area contributed by atoms with E-state index in [9.17, 15) is 0 Å². The smallest absolute Gasteiger partial charge is 0.0995 e. The van der Waals surface area contributed by atoms with E-state index in [0.29, 0.717) is 6.54 Å². The van der Waals surface area contributed by atoms with E-state index in [1.807, 2.05) is 6.33 Å². The van der Waals surface area contributed by atoms with Crippen LogP contribution in [0.2, 0.25) is 0 Å². The first-order valence-corrected chi connectivity index (χ1v) is 6.65. The van der Waals surface area contributed by atoms with Gasteiger partial charge in [0.1, 0.15) is 0 Å². The highest BCUT2D eigenvalue weighted by atomic mass is 32.1. The molecule has 2 aromatic heterocycles. The van der Waals surface area contributed by atoms with Crippen molar-refractivity contribution >= 4 is 11.3 Å². The molecule has 2 heterocycles. The van der Waals surface area contributed by atoms with Crippen LogP contribution >= 0.6 is 11.3 Å². The number of thiophene rings is 1. The Morgan fingerprint density at radius 2 is 2.47 bits per heavy atom. The topological polar surface area (TPSA) is 43.8 Å². The largest absolute Gasteiger partial charge is 0.330 e. The molecule has 17 heavy (non-hydrogen) atoms. The standard InChI is InChI=1S/C13H17N3S/c1-11(3-2-5-14)7-12-8-16(10-15-12)13-4-6-17-9-13/h3-4,6,8-10H,2,5,7,14H2,1H3/b11-3+. The van der Waals surface area contributed by atoms with E-state index in [4.69, 9.17) is 5.73 Å². The van der Waals surface area contributed by atoms with Crippen LogP contribution in [0.25, 0.3) is 5.69 Å². The molecule has 2 rings (SSSR count). The molecule has 0 spiro atoms. The van der Waals surface area contributed by atoms with Crippen LogP contribution in [0.1, 0.15) is 19.0 Å². The fourth-order valence-corrected chi connectivity index (χ4v) is 2.32. The predicted octanol–water partition coefficient (Wildman–Crippen LogP) is 2.77. The summed E-state index contributed by atoms with van der Waals surface area (Å²) < 4.78 is 2.06. The fourth-order valence-electron chi connectivity index (χ4n) is 1.69. The zero-order chi connectivity index (χ0) is 12.1. The summed E-state index contributed by atoms with van der Waals surface area (Å²) in [5, 5.41) is 4.18. The summed E-state index contributed by atoms with van der Waals surface area (Å²) in [5.41, 5.74) is 9.08. The zero-order valence-corrected chi connectivity index (χ0v) is 10.8. The molecule has 0 saturated heterocycles. The summed E-state index contributed by atoms with van der Waals surface area (Å²) in [4.78, 5) is 4.42. The van der Waals surface area contributed by atoms with Gasteiger partial charge < -0.3 is 10.3 Å². The molecular weight excluding hydrogens is 230 g/mol. The molecule has 0 aliphatic rings. The van der Waals surface area contributed by atoms with E-state index in [1.165, 1.54) is 11.3 Å². The summed E-state index contributed by atoms with van der Waals surface area (Å²) >= 11 is 1.69. The van der Waals surface area contributed by atoms with E-state index >= 15 is 0 Å². The number of nitrogens with two attached hydrogens (primary N) is 1. The molecule has 0 aliphatic carbocycles. The average molecular weight is 247 g/mol. The van der Waals surface area contributed by atoms with Gasteiger partial charge in [0.05, 0.1) is 17.7 Å². The molecule has 4 heteroatoms. The number of hydrogen-bond donors (Lipinski definition) is 1. The van der Waals surface area contributed by atoms with Crippen LogP contribution in [0.15, 0.2) is 41.0 Å². The van der Waals surface area contributed by atoms with Crippen molar-refractivity contribution in [1.29, 1.82) is 0 Å². The number of nitrogens with zero attached hydrogens (tertiary/aromatic N) is 2. The number of allylic oxidation sites excluding steroid dienone is 1. The first-order chi connectivity index (χ1) is 8.29. The Morgan fingerprint density at radius 1 is 1.59 bits per heavy atom. The molecule has 2 aromatic rings. The Labute approximate surface area is 106 Å². The van der Waals surface area contributed by atoms with Gasteiger partial charge in [-0.1, -0.05) is 11.6 Å². The van der Waals surface area contributed by atoms with Gasteiger partial charge in [-0.25, -0.2) is 4.98 Å². The minimum atomic E-state index is 0.709. The molecule has 90 valence electrons. The minimum Gasteiger partial charge on any atom is -0.330 e. The second kappa shape index (κ2) is 5.80. The van der Waals surface area contributed by atoms with Crippen LogP contribution in [0, 0.1) is 0 Å². The lowest BCUT2D eigenvalue weighted by Gasteiger charge is -1.98. The molecule has 2 N–H and O–H groups in total. The number of hydrogen-bond acceptors (Lipinski definition) is 3. The molecular formula is C13H17N3S. The Balaban J connectivity index is 2.04. The predicted molar refractivity (Wildman–Crippen MR) is 72.6 cm³/mol. The maximum absolute atomic E-state index is 5.48. The normalized spacial score (nSPS) is 12.0. The van der Waals surface area contributed by atoms with Crippen molar-refractivity contribution in [3.05, 3.63) is 46.7 Å². The van der Waals surface area contributed by atoms with Gasteiger partial charge in [-0.05, 0) is 31.3 Å². The summed E-state index contributed by atoms with van der Waals surface area (Å²) in [6.45, 7) is 2.83. The molecule has 0 unspecified atom stereocenters. The second-order valence-corrected chi connectivity index (χ2v) is 4.84. The minimum absolute atomic E-state index is 0.709. The molecule has 0 amide bonds. The zero-order valence-electron chi connectivity index (χ0n) is 9.97. The van der Waals surface area contributed by atoms with E-state index in [2.05, 4.69) is 45.6 Å². The van der Waals surface area contributed by atoms with Gasteiger partial charge in [-0.15, -0.1) is 0 Å². The third kappa shape index (κ3) is 3.28. The lowest BCUT2D eigenvalue weighted by Crippen LogP contribution is -1.96. The molecule has 0 fully saturated rings. The van der Waals surface area contributed by atoms with E-state index in [0.717, 1.165) is 18.5 Å². The van der Waals surface area contributed by atoms with Crippen molar-refractivity contribution in [1.82, 2.24) is 9.55 Å². The van der Waals surface area contributed by atoms with Crippen LogP contribution in [0.4, 0.5) is 0 Å². The van der Waals surface area contributed by atoms with Crippen LogP contribution < -0.4 is 5.73 Å². The third-order valence-corrected chi connectivity index (χ3v) is 3.23. The van der Waals surface area contributed by atoms with Crippen molar-refractivity contribution in [2.45, 2.75) is 19.8 Å². The van der Waals surface area contributed by atoms with Gasteiger partial charge in [0, 0.05) is 18.0 Å². The first-order valence-electron chi connectivity index (χ1n) is 5.70. The molecule has 0 aromatic carbocycles. The summed E-state index contributed by atoms with van der Waals surface area (Å²) in [7, 11) is 0. The molecule has 0 bridgehead atoms. The first kappa shape index (κ1) is 12.1. The maximum Gasteiger partial charge on any atom is 0.0995 e. The van der Waals surface area contributed by atoms with Crippen molar-refractivity contribution in [2.24, 2.45) is 5.73 Å². The monoisotopic (exact) mass is 247 g/mol. The number of aromatic nitrogens is 2. The Hall–Kier alpha value is -1.39. The van der Waals surface area contributed by atoms with Crippen molar-refractivity contribution in [3.8, 4) is 5.69 Å². The van der Waals surface area contributed by atoms with Gasteiger partial charge in [-0.2, -0.15) is 11.3 Å². The van der Waals surface area contributed by atoms with E-state index < -0.39 is 0 Å². The van der Waals surface area contributed by atoms with Crippen LogP contribution in [-0.4, -0.2) is 16.1 Å². The second-order valence-electron chi connectivity index (χ2n) is 4.06. The van der Waals surface area contributed by atoms with Crippen LogP contribution in [0.5, 0.6) is 0 Å². The van der Waals surface area contributed by atoms with Gasteiger partial charge in [0.15, 0.2) is 0 Å². The van der Waals surface area contributed by atoms with Crippen molar-refractivity contribution < 1.29 is 0 Å². The highest BCUT2D eigenvalue weighted by molar-refractivity contribution is 7.08. The highest BCUT2D eigenvalue weighted by Crippen LogP contribution is 2.14. The van der Waals surface area contributed by atoms with Crippen molar-refractivity contribution in [2.75, 3.05) is 6.54 Å². The molecule has 0 atom stereocenters. The Morgan fingerprint density at radius 3 is 3.18 bits per heavy atom. The third-order valence-electron chi connectivity index (χ3n) is 2.56. The number of imidazole rings is 1. The van der Waals surface area contributed by atoms with Gasteiger partial charge in [0.2, 0.25) is 0 Å². The molecule has 0 radical (unpaired) electrons. The van der Waals surface area contributed by atoms with Gasteiger partial charge in [0.25, 0.3) is 0 Å². The van der Waals surface area contributed by atoms with Gasteiger partial charge in [-0.3, -0.25) is 0 Å². The molecule has 0 saturated carbocycles. The lowest BCUT2D eigenvalue weighted by atomic mass is 10.1. The fraction of sp³-hybridized carbons (Fsp3) is 0.308. The Kier molecular flexibility index (Phi) is 4.12. The van der Waals surface area contributed by atoms with Crippen molar-refractivity contribution in [3.63, 3.8) is 0 Å². The summed E-state index contributed by atoms with van der Waals surface area (Å²) in [6, 6.07) is 2.09. The van der Waals surface area contributed by atoms with E-state index in [1.54, 1.807) is 11.3 Å². The average Bonchev–Trinajstić information content (AvgIpc) is 2.95. The van der Waals surface area contributed by atoms with E-state index in [-0.39, 0.29) is 0 Å². The summed E-state index contributed by atoms with van der Waals surface area (Å²) in [6.07, 6.45) is 7.98. The Bertz CT molecular complexity index is 482. The van der Waals surface area contributed by atoms with Gasteiger partial charge >= 0.3 is 0 Å². The summed E-state index contributed by atoms with van der Waals surface area (Å²) in [5.74, 6) is 0. The quantitative estimate of drug-likeness (QED) is 0.826. The SMILES string of the molecule is C/C(=C\CCN)Cc1cn(-c2ccsc2)cn1. The lowest BCUT2D eigenvalue weighted by molar-refractivity contribution is 0.973. The molecule has 3 nitrogen and oxygen atoms in total. The van der Waals surface area contributed by atoms with Crippen LogP contribution in [0.3, 0.4) is 0 Å². The number of rotatable bonds is 5. The van der Waals surface area contributed by atoms with Crippen LogP contribution in [-0.2, 0) is 6.42 Å². The maximum atomic E-state index is 5.48.